The van der Waals surface area contributed by atoms with E-state index in [0.717, 1.165) is 70.1 Å². The van der Waals surface area contributed by atoms with Gasteiger partial charge in [-0.2, -0.15) is 28.4 Å². The number of alkyl halides is 4. The van der Waals surface area contributed by atoms with Crippen LogP contribution in [0, 0.1) is 23.0 Å². The van der Waals surface area contributed by atoms with Crippen LogP contribution in [0.3, 0.4) is 0 Å². The summed E-state index contributed by atoms with van der Waals surface area (Å²) in [4.78, 5) is 23.9. The number of halogens is 6. The van der Waals surface area contributed by atoms with Gasteiger partial charge in [0.15, 0.2) is 5.82 Å². The molecule has 8 rings (SSSR count). The summed E-state index contributed by atoms with van der Waals surface area (Å²) in [5, 5.41) is 11.8. The quantitative estimate of drug-likeness (QED) is 0.193. The Morgan fingerprint density at radius 1 is 1.13 bits per heavy atom. The molecular formula is C38H43F6N7O3S. The third-order valence-corrected chi connectivity index (χ3v) is 11.3. The van der Waals surface area contributed by atoms with E-state index in [4.69, 9.17) is 15.2 Å². The Kier molecular flexibility index (Phi) is 12.6. The first-order valence-corrected chi connectivity index (χ1v) is 19.3. The Hall–Kier alpha value is -4.40. The number of nitrogens with two attached hydrogens (primary N) is 1. The maximum atomic E-state index is 15.9. The first-order chi connectivity index (χ1) is 26.4. The molecule has 1 amide bonds. The van der Waals surface area contributed by atoms with Crippen molar-refractivity contribution in [1.29, 1.82) is 5.26 Å². The number of methoxy groups -OCH3 is 1. The summed E-state index contributed by atoms with van der Waals surface area (Å²) in [5.41, 5.74) is 2.59. The standard InChI is InChI=1S/C21H14F5N5OS.C10H17NO2.C7H12FN/c1-3-29-19-9-6-11(21(24,25)26)14(15(23)16(9)30-20(31-19)32-2)8-4-5-12(22)17-13(8)10(7-27)18(28)33-17;12-10(11-6-2-3-7-11)9-5-1-4-8-13-9;8-6-4-7-2-1-3-9(7)5-6/h4-6H,3,28H2,1-2H3,(H,29,30,31);9H,1-8H2;6-7H,1-5H2. The Balaban J connectivity index is 0.000000187. The summed E-state index contributed by atoms with van der Waals surface area (Å²) >= 11 is 0.698. The molecule has 4 fully saturated rings. The van der Waals surface area contributed by atoms with Crippen LogP contribution in [0.5, 0.6) is 6.01 Å². The van der Waals surface area contributed by atoms with Crippen molar-refractivity contribution in [2.45, 2.75) is 82.8 Å². The van der Waals surface area contributed by atoms with Crippen LogP contribution in [0.1, 0.15) is 69.4 Å². The molecule has 4 saturated heterocycles. The van der Waals surface area contributed by atoms with Crippen LogP contribution < -0.4 is 15.8 Å². The summed E-state index contributed by atoms with van der Waals surface area (Å²) < 4.78 is 95.7. The highest BCUT2D eigenvalue weighted by Gasteiger charge is 2.38. The van der Waals surface area contributed by atoms with E-state index in [1.165, 1.54) is 32.8 Å². The number of carbonyl (C=O) groups is 1. The molecule has 2 aromatic heterocycles. The lowest BCUT2D eigenvalue weighted by molar-refractivity contribution is -0.145. The zero-order valence-electron chi connectivity index (χ0n) is 30.6. The van der Waals surface area contributed by atoms with Gasteiger partial charge < -0.3 is 25.4 Å². The number of nitrogens with one attached hydrogen (secondary N) is 1. The summed E-state index contributed by atoms with van der Waals surface area (Å²) in [7, 11) is 1.23. The number of ether oxygens (including phenoxy) is 2. The van der Waals surface area contributed by atoms with Gasteiger partial charge in [0.1, 0.15) is 40.5 Å². The van der Waals surface area contributed by atoms with Gasteiger partial charge in [0.05, 0.1) is 22.9 Å². The van der Waals surface area contributed by atoms with Gasteiger partial charge in [-0.1, -0.05) is 6.07 Å². The van der Waals surface area contributed by atoms with Crippen molar-refractivity contribution < 1.29 is 40.6 Å². The molecule has 3 atom stereocenters. The van der Waals surface area contributed by atoms with Crippen LogP contribution in [0.2, 0.25) is 0 Å². The van der Waals surface area contributed by atoms with Crippen LogP contribution in [-0.2, 0) is 15.7 Å². The normalized spacial score (nSPS) is 21.1. The van der Waals surface area contributed by atoms with Gasteiger partial charge in [0.25, 0.3) is 5.91 Å². The molecule has 3 unspecified atom stereocenters. The molecule has 0 bridgehead atoms. The van der Waals surface area contributed by atoms with Gasteiger partial charge in [-0.25, -0.2) is 13.2 Å². The fourth-order valence-electron chi connectivity index (χ4n) is 7.70. The molecule has 17 heteroatoms. The van der Waals surface area contributed by atoms with Gasteiger partial charge in [-0.05, 0) is 82.5 Å². The van der Waals surface area contributed by atoms with Crippen LogP contribution in [-0.4, -0.2) is 90.4 Å². The van der Waals surface area contributed by atoms with Crippen molar-refractivity contribution in [3.05, 3.63) is 41.0 Å². The number of carbonyl (C=O) groups excluding carboxylic acids is 1. The van der Waals surface area contributed by atoms with E-state index in [-0.39, 0.29) is 62.0 Å². The number of fused-ring (bicyclic) bond motifs is 3. The molecule has 296 valence electrons. The third kappa shape index (κ3) is 8.56. The smallest absolute Gasteiger partial charge is 0.417 e. The minimum Gasteiger partial charge on any atom is -0.467 e. The number of likely N-dealkylation sites (tertiary alicyclic amines) is 1. The zero-order valence-corrected chi connectivity index (χ0v) is 31.4. The van der Waals surface area contributed by atoms with Crippen molar-refractivity contribution in [1.82, 2.24) is 19.8 Å². The van der Waals surface area contributed by atoms with E-state index in [9.17, 15) is 32.0 Å². The number of aromatic nitrogens is 2. The highest BCUT2D eigenvalue weighted by Crippen LogP contribution is 2.47. The Morgan fingerprint density at radius 2 is 1.89 bits per heavy atom. The van der Waals surface area contributed by atoms with Crippen molar-refractivity contribution in [2.24, 2.45) is 0 Å². The average Bonchev–Trinajstić information content (AvgIpc) is 3.98. The summed E-state index contributed by atoms with van der Waals surface area (Å²) in [5.74, 6) is -1.92. The molecule has 4 aliphatic rings. The molecule has 0 spiro atoms. The zero-order chi connectivity index (χ0) is 39.4. The molecule has 0 aliphatic carbocycles. The maximum Gasteiger partial charge on any atom is 0.417 e. The molecule has 55 heavy (non-hydrogen) atoms. The fourth-order valence-corrected chi connectivity index (χ4v) is 8.65. The van der Waals surface area contributed by atoms with Crippen LogP contribution in [0.4, 0.5) is 37.2 Å². The highest BCUT2D eigenvalue weighted by molar-refractivity contribution is 7.23. The number of benzene rings is 2. The Bertz CT molecular complexity index is 2050. The predicted molar refractivity (Wildman–Crippen MR) is 199 cm³/mol. The van der Waals surface area contributed by atoms with E-state index in [0.29, 0.717) is 23.9 Å². The SMILES string of the molecule is CCNc1nc(OC)nc2c(F)c(-c3ccc(F)c4sc(N)c(C#N)c34)c(C(F)(F)F)cc12.FC1CC2CCCN2C1.O=C(C1CCCCO1)N1CCCC1. The number of thiophene rings is 1. The molecular weight excluding hydrogens is 749 g/mol. The number of hydrogen-bond donors (Lipinski definition) is 2. The monoisotopic (exact) mass is 791 g/mol. The Labute approximate surface area is 318 Å². The number of amides is 1. The molecule has 4 aliphatic heterocycles. The van der Waals surface area contributed by atoms with Crippen molar-refractivity contribution in [3.8, 4) is 23.2 Å². The first-order valence-electron chi connectivity index (χ1n) is 18.4. The van der Waals surface area contributed by atoms with Crippen molar-refractivity contribution >= 4 is 49.1 Å². The largest absolute Gasteiger partial charge is 0.467 e. The minimum absolute atomic E-state index is 0.0444. The van der Waals surface area contributed by atoms with Crippen LogP contribution in [0.15, 0.2) is 18.2 Å². The van der Waals surface area contributed by atoms with E-state index in [2.05, 4.69) is 20.2 Å². The minimum atomic E-state index is -5.00. The lowest BCUT2D eigenvalue weighted by atomic mass is 9.92. The lowest BCUT2D eigenvalue weighted by Crippen LogP contribution is -2.40. The van der Waals surface area contributed by atoms with Crippen LogP contribution >= 0.6 is 11.3 Å². The van der Waals surface area contributed by atoms with Gasteiger partial charge in [-0.3, -0.25) is 9.69 Å². The second-order valence-electron chi connectivity index (χ2n) is 13.9. The fraction of sp³-hybridized carbons (Fsp3) is 0.526. The van der Waals surface area contributed by atoms with E-state index >= 15 is 4.39 Å². The third-order valence-electron chi connectivity index (χ3n) is 10.3. The lowest BCUT2D eigenvalue weighted by Gasteiger charge is -2.26. The summed E-state index contributed by atoms with van der Waals surface area (Å²) in [6, 6.07) is 4.75. The number of nitrogens with zero attached hydrogens (tertiary/aromatic N) is 5. The number of rotatable bonds is 5. The number of nitriles is 1. The number of nitrogen functional groups attached to an aromatic ring is 1. The molecule has 6 heterocycles. The predicted octanol–water partition coefficient (Wildman–Crippen LogP) is 8.07. The van der Waals surface area contributed by atoms with Crippen molar-refractivity contribution in [2.75, 3.05) is 57.5 Å². The topological polar surface area (TPSA) is 130 Å². The highest BCUT2D eigenvalue weighted by atomic mass is 32.1. The van der Waals surface area contributed by atoms with Crippen LogP contribution in [0.25, 0.3) is 32.1 Å². The Morgan fingerprint density at radius 3 is 2.53 bits per heavy atom. The first kappa shape index (κ1) is 40.3. The summed E-state index contributed by atoms with van der Waals surface area (Å²) in [6.07, 6.45) is 3.21. The van der Waals surface area contributed by atoms with Gasteiger partial charge in [0.2, 0.25) is 0 Å². The van der Waals surface area contributed by atoms with E-state index < -0.39 is 40.6 Å². The van der Waals surface area contributed by atoms with Gasteiger partial charge in [0, 0.05) is 55.2 Å². The second-order valence-corrected chi connectivity index (χ2v) is 14.9. The molecule has 0 radical (unpaired) electrons. The summed E-state index contributed by atoms with van der Waals surface area (Å²) in [6.45, 7) is 6.49. The second kappa shape index (κ2) is 17.2. The van der Waals surface area contributed by atoms with E-state index in [1.54, 1.807) is 13.0 Å². The van der Waals surface area contributed by atoms with Gasteiger partial charge >= 0.3 is 12.2 Å². The molecule has 10 nitrogen and oxygen atoms in total. The average molecular weight is 792 g/mol. The number of hydrogen-bond acceptors (Lipinski definition) is 10. The maximum absolute atomic E-state index is 15.9. The molecule has 0 saturated carbocycles. The molecule has 4 aromatic rings. The number of anilines is 2. The van der Waals surface area contributed by atoms with E-state index in [1.807, 2.05) is 4.90 Å². The molecule has 2 aromatic carbocycles. The van der Waals surface area contributed by atoms with Crippen molar-refractivity contribution in [3.63, 3.8) is 0 Å². The molecule has 3 N–H and O–H groups in total. The van der Waals surface area contributed by atoms with Gasteiger partial charge in [-0.15, -0.1) is 11.3 Å².